The van der Waals surface area contributed by atoms with Crippen LogP contribution in [0, 0.1) is 0 Å². The van der Waals surface area contributed by atoms with E-state index in [1.165, 1.54) is 5.56 Å². The number of carbonyl (C=O) groups is 1. The van der Waals surface area contributed by atoms with E-state index in [9.17, 15) is 4.79 Å². The molecule has 25 heavy (non-hydrogen) atoms. The molecule has 0 fully saturated rings. The van der Waals surface area contributed by atoms with Gasteiger partial charge in [0.25, 0.3) is 0 Å². The first-order valence-corrected chi connectivity index (χ1v) is 8.40. The van der Waals surface area contributed by atoms with E-state index in [-0.39, 0.29) is 6.04 Å². The van der Waals surface area contributed by atoms with Gasteiger partial charge < -0.3 is 20.2 Å². The Bertz CT molecular complexity index is 886. The van der Waals surface area contributed by atoms with Gasteiger partial charge in [0.05, 0.1) is 6.04 Å². The van der Waals surface area contributed by atoms with Crippen molar-refractivity contribution in [2.75, 3.05) is 17.2 Å². The Balaban J connectivity index is 1.84. The molecule has 130 valence electrons. The van der Waals surface area contributed by atoms with Crippen LogP contribution in [0.2, 0.25) is 0 Å². The summed E-state index contributed by atoms with van der Waals surface area (Å²) in [5, 5.41) is 16.1. The van der Waals surface area contributed by atoms with E-state index in [2.05, 4.69) is 30.5 Å². The standard InChI is InChI=1S/C20H22N2O3/c1-3-16-17-9-4-5-10-18(17)25-20(16)13(2)21-14-7-6-8-15(11-14)22-19(24)12-23/h4-11,13,21,23H,3,12H2,1-2H3,(H,22,24). The highest BCUT2D eigenvalue weighted by Gasteiger charge is 2.18. The lowest BCUT2D eigenvalue weighted by molar-refractivity contribution is -0.118. The van der Waals surface area contributed by atoms with Gasteiger partial charge in [-0.05, 0) is 37.6 Å². The van der Waals surface area contributed by atoms with Crippen LogP contribution in [0.5, 0.6) is 0 Å². The molecule has 0 aliphatic carbocycles. The minimum absolute atomic E-state index is 0.0221. The first kappa shape index (κ1) is 17.0. The number of nitrogens with one attached hydrogen (secondary N) is 2. The summed E-state index contributed by atoms with van der Waals surface area (Å²) in [6.07, 6.45) is 0.894. The predicted molar refractivity (Wildman–Crippen MR) is 99.8 cm³/mol. The molecule has 3 aromatic rings. The third kappa shape index (κ3) is 3.67. The Morgan fingerprint density at radius 1 is 1.16 bits per heavy atom. The lowest BCUT2D eigenvalue weighted by Gasteiger charge is -2.15. The lowest BCUT2D eigenvalue weighted by atomic mass is 10.0. The van der Waals surface area contributed by atoms with E-state index >= 15 is 0 Å². The quantitative estimate of drug-likeness (QED) is 0.632. The number of rotatable bonds is 6. The Labute approximate surface area is 146 Å². The Morgan fingerprint density at radius 3 is 2.68 bits per heavy atom. The lowest BCUT2D eigenvalue weighted by Crippen LogP contribution is -2.15. The van der Waals surface area contributed by atoms with Crippen molar-refractivity contribution in [1.29, 1.82) is 0 Å². The third-order valence-electron chi connectivity index (χ3n) is 4.15. The molecule has 0 radical (unpaired) electrons. The fourth-order valence-electron chi connectivity index (χ4n) is 3.03. The van der Waals surface area contributed by atoms with Gasteiger partial charge in [-0.3, -0.25) is 4.79 Å². The normalized spacial score (nSPS) is 12.1. The number of anilines is 2. The number of aryl methyl sites for hydroxylation is 1. The van der Waals surface area contributed by atoms with Gasteiger partial charge in [0.2, 0.25) is 5.91 Å². The molecule has 0 bridgehead atoms. The fraction of sp³-hybridized carbons (Fsp3) is 0.250. The predicted octanol–water partition coefficient (Wildman–Crippen LogP) is 4.10. The summed E-state index contributed by atoms with van der Waals surface area (Å²) in [6, 6.07) is 15.4. The second kappa shape index (κ2) is 7.40. The smallest absolute Gasteiger partial charge is 0.250 e. The van der Waals surface area contributed by atoms with Crippen molar-refractivity contribution in [3.8, 4) is 0 Å². The molecule has 1 atom stereocenters. The molecule has 2 aromatic carbocycles. The molecule has 0 saturated carbocycles. The van der Waals surface area contributed by atoms with Crippen LogP contribution in [0.4, 0.5) is 11.4 Å². The van der Waals surface area contributed by atoms with Gasteiger partial charge in [-0.1, -0.05) is 31.2 Å². The summed E-state index contributed by atoms with van der Waals surface area (Å²) in [5.41, 5.74) is 3.61. The number of para-hydroxylation sites is 1. The van der Waals surface area contributed by atoms with Crippen molar-refractivity contribution in [2.24, 2.45) is 0 Å². The van der Waals surface area contributed by atoms with Crippen molar-refractivity contribution in [3.63, 3.8) is 0 Å². The van der Waals surface area contributed by atoms with Gasteiger partial charge >= 0.3 is 0 Å². The van der Waals surface area contributed by atoms with Crippen molar-refractivity contribution in [3.05, 3.63) is 59.9 Å². The second-order valence-corrected chi connectivity index (χ2v) is 5.95. The van der Waals surface area contributed by atoms with Gasteiger partial charge in [-0.25, -0.2) is 0 Å². The Kier molecular flexibility index (Phi) is 5.05. The van der Waals surface area contributed by atoms with Crippen LogP contribution in [-0.2, 0) is 11.2 Å². The SMILES string of the molecule is CCc1c(C(C)Nc2cccc(NC(=O)CO)c2)oc2ccccc12. The zero-order valence-electron chi connectivity index (χ0n) is 14.4. The maximum Gasteiger partial charge on any atom is 0.250 e. The van der Waals surface area contributed by atoms with Gasteiger partial charge in [0, 0.05) is 22.3 Å². The summed E-state index contributed by atoms with van der Waals surface area (Å²) >= 11 is 0. The first-order valence-electron chi connectivity index (χ1n) is 8.40. The van der Waals surface area contributed by atoms with Crippen LogP contribution in [0.25, 0.3) is 11.0 Å². The zero-order chi connectivity index (χ0) is 17.8. The van der Waals surface area contributed by atoms with Crippen molar-refractivity contribution >= 4 is 28.3 Å². The highest BCUT2D eigenvalue weighted by Crippen LogP contribution is 2.32. The topological polar surface area (TPSA) is 74.5 Å². The second-order valence-electron chi connectivity index (χ2n) is 5.95. The van der Waals surface area contributed by atoms with Crippen LogP contribution < -0.4 is 10.6 Å². The number of aliphatic hydroxyl groups is 1. The number of fused-ring (bicyclic) bond motifs is 1. The average Bonchev–Trinajstić information content (AvgIpc) is 3.00. The maximum atomic E-state index is 11.3. The molecule has 0 aliphatic heterocycles. The van der Waals surface area contributed by atoms with Crippen LogP contribution in [0.15, 0.2) is 52.9 Å². The van der Waals surface area contributed by atoms with Crippen molar-refractivity contribution in [1.82, 2.24) is 0 Å². The van der Waals surface area contributed by atoms with Gasteiger partial charge in [0.15, 0.2) is 0 Å². The molecule has 3 rings (SSSR count). The molecule has 0 aliphatic rings. The minimum Gasteiger partial charge on any atom is -0.459 e. The van der Waals surface area contributed by atoms with Gasteiger partial charge in [-0.15, -0.1) is 0 Å². The molecule has 5 nitrogen and oxygen atoms in total. The number of hydrogen-bond acceptors (Lipinski definition) is 4. The molecule has 0 spiro atoms. The number of amides is 1. The summed E-state index contributed by atoms with van der Waals surface area (Å²) in [4.78, 5) is 11.3. The van der Waals surface area contributed by atoms with Crippen LogP contribution >= 0.6 is 0 Å². The summed E-state index contributed by atoms with van der Waals surface area (Å²) in [5.74, 6) is 0.490. The number of furan rings is 1. The molecular formula is C20H22N2O3. The molecule has 3 N–H and O–H groups in total. The Morgan fingerprint density at radius 2 is 1.92 bits per heavy atom. The summed E-state index contributed by atoms with van der Waals surface area (Å²) in [6.45, 7) is 3.64. The summed E-state index contributed by atoms with van der Waals surface area (Å²) < 4.78 is 6.07. The van der Waals surface area contributed by atoms with E-state index in [1.807, 2.05) is 36.4 Å². The maximum absolute atomic E-state index is 11.3. The molecule has 1 amide bonds. The van der Waals surface area contributed by atoms with E-state index in [4.69, 9.17) is 9.52 Å². The minimum atomic E-state index is -0.535. The van der Waals surface area contributed by atoms with Crippen LogP contribution in [-0.4, -0.2) is 17.6 Å². The summed E-state index contributed by atoms with van der Waals surface area (Å²) in [7, 11) is 0. The van der Waals surface area contributed by atoms with E-state index in [1.54, 1.807) is 6.07 Å². The molecule has 1 heterocycles. The van der Waals surface area contributed by atoms with E-state index in [0.29, 0.717) is 5.69 Å². The number of hydrogen-bond donors (Lipinski definition) is 3. The van der Waals surface area contributed by atoms with E-state index in [0.717, 1.165) is 28.8 Å². The Hall–Kier alpha value is -2.79. The number of benzene rings is 2. The monoisotopic (exact) mass is 338 g/mol. The number of aliphatic hydroxyl groups excluding tert-OH is 1. The largest absolute Gasteiger partial charge is 0.459 e. The van der Waals surface area contributed by atoms with E-state index < -0.39 is 12.5 Å². The molecule has 5 heteroatoms. The highest BCUT2D eigenvalue weighted by atomic mass is 16.3. The van der Waals surface area contributed by atoms with Crippen LogP contribution in [0.3, 0.4) is 0 Å². The molecule has 0 saturated heterocycles. The molecular weight excluding hydrogens is 316 g/mol. The van der Waals surface area contributed by atoms with Crippen molar-refractivity contribution < 1.29 is 14.3 Å². The van der Waals surface area contributed by atoms with Crippen molar-refractivity contribution in [2.45, 2.75) is 26.3 Å². The van der Waals surface area contributed by atoms with Gasteiger partial charge in [-0.2, -0.15) is 0 Å². The van der Waals surface area contributed by atoms with Crippen LogP contribution in [0.1, 0.15) is 31.2 Å². The third-order valence-corrected chi connectivity index (χ3v) is 4.15. The zero-order valence-corrected chi connectivity index (χ0v) is 14.4. The fourth-order valence-corrected chi connectivity index (χ4v) is 3.03. The first-order chi connectivity index (χ1) is 12.1. The van der Waals surface area contributed by atoms with Gasteiger partial charge in [0.1, 0.15) is 18.0 Å². The molecule has 1 unspecified atom stereocenters. The molecule has 1 aromatic heterocycles. The number of carbonyl (C=O) groups excluding carboxylic acids is 1. The average molecular weight is 338 g/mol. The highest BCUT2D eigenvalue weighted by molar-refractivity contribution is 5.92.